The Hall–Kier alpha value is -1.37. The van der Waals surface area contributed by atoms with E-state index in [4.69, 9.17) is 5.11 Å². The first-order valence-corrected chi connectivity index (χ1v) is 7.36. The van der Waals surface area contributed by atoms with Crippen LogP contribution < -0.4 is 0 Å². The van der Waals surface area contributed by atoms with Gasteiger partial charge in [0.15, 0.2) is 9.84 Å². The number of amides is 1. The molecular weight excluding hydrogens is 258 g/mol. The van der Waals surface area contributed by atoms with Gasteiger partial charge in [0.1, 0.15) is 0 Å². The van der Waals surface area contributed by atoms with E-state index in [1.54, 1.807) is 0 Å². The van der Waals surface area contributed by atoms with Gasteiger partial charge in [-0.2, -0.15) is 0 Å². The van der Waals surface area contributed by atoms with Crippen molar-refractivity contribution in [1.29, 1.82) is 0 Å². The molecule has 1 fully saturated rings. The fourth-order valence-electron chi connectivity index (χ4n) is 1.83. The van der Waals surface area contributed by atoms with Gasteiger partial charge in [0, 0.05) is 24.2 Å². The Morgan fingerprint density at radius 2 is 1.78 bits per heavy atom. The summed E-state index contributed by atoms with van der Waals surface area (Å²) in [5.74, 6) is -1.55. The molecule has 6 nitrogen and oxygen atoms in total. The summed E-state index contributed by atoms with van der Waals surface area (Å²) in [4.78, 5) is 24.1. The smallest absolute Gasteiger partial charge is 0.331 e. The number of carboxylic acids is 1. The molecule has 0 aromatic heterocycles. The summed E-state index contributed by atoms with van der Waals surface area (Å²) in [6.45, 7) is 2.79. The normalized spacial score (nSPS) is 23.4. The highest BCUT2D eigenvalue weighted by Gasteiger charge is 2.33. The van der Waals surface area contributed by atoms with Crippen LogP contribution in [0, 0.1) is 0 Å². The minimum atomic E-state index is -3.06. The highest BCUT2D eigenvalue weighted by atomic mass is 32.2. The second-order valence-corrected chi connectivity index (χ2v) is 6.76. The number of aliphatic carboxylic acids is 1. The lowest BCUT2D eigenvalue weighted by molar-refractivity contribution is -0.134. The lowest BCUT2D eigenvalue weighted by Crippen LogP contribution is -2.38. The molecule has 0 aliphatic carbocycles. The standard InChI is InChI=1S/C11H17NO5S/c1-7(8(2)11(14)15)10(13)12(3)9-4-5-18(16,17)6-9/h9H,4-6H2,1-3H3,(H,14,15). The molecule has 1 amide bonds. The predicted molar refractivity (Wildman–Crippen MR) is 65.8 cm³/mol. The predicted octanol–water partition coefficient (Wildman–Crippen LogP) is 0.0529. The van der Waals surface area contributed by atoms with Crippen LogP contribution in [-0.4, -0.2) is 54.9 Å². The Kier molecular flexibility index (Phi) is 4.16. The fraction of sp³-hybridized carbons (Fsp3) is 0.636. The van der Waals surface area contributed by atoms with E-state index in [1.165, 1.54) is 25.8 Å². The SMILES string of the molecule is CC(C(=O)O)=C(C)C(=O)N(C)C1CCS(=O)(=O)C1. The van der Waals surface area contributed by atoms with Gasteiger partial charge in [0.2, 0.25) is 5.91 Å². The number of rotatable bonds is 3. The Morgan fingerprint density at radius 1 is 1.22 bits per heavy atom. The van der Waals surface area contributed by atoms with Crippen molar-refractivity contribution >= 4 is 21.7 Å². The van der Waals surface area contributed by atoms with Crippen LogP contribution in [0.3, 0.4) is 0 Å². The van der Waals surface area contributed by atoms with Crippen molar-refractivity contribution in [2.45, 2.75) is 26.3 Å². The Bertz CT molecular complexity index is 506. The van der Waals surface area contributed by atoms with Gasteiger partial charge in [0.05, 0.1) is 11.5 Å². The summed E-state index contributed by atoms with van der Waals surface area (Å²) in [6, 6.07) is -0.362. The largest absolute Gasteiger partial charge is 0.478 e. The van der Waals surface area contributed by atoms with Gasteiger partial charge in [-0.25, -0.2) is 13.2 Å². The third kappa shape index (κ3) is 3.10. The zero-order valence-electron chi connectivity index (χ0n) is 10.6. The molecule has 1 N–H and O–H groups in total. The van der Waals surface area contributed by atoms with Gasteiger partial charge in [-0.3, -0.25) is 4.79 Å². The van der Waals surface area contributed by atoms with Crippen molar-refractivity contribution in [2.75, 3.05) is 18.6 Å². The van der Waals surface area contributed by atoms with E-state index in [1.807, 2.05) is 0 Å². The molecule has 1 unspecified atom stereocenters. The highest BCUT2D eigenvalue weighted by Crippen LogP contribution is 2.19. The van der Waals surface area contributed by atoms with E-state index in [0.29, 0.717) is 6.42 Å². The van der Waals surface area contributed by atoms with Gasteiger partial charge >= 0.3 is 5.97 Å². The summed E-state index contributed by atoms with van der Waals surface area (Å²) in [7, 11) is -1.56. The Morgan fingerprint density at radius 3 is 2.17 bits per heavy atom. The first-order valence-electron chi connectivity index (χ1n) is 5.54. The van der Waals surface area contributed by atoms with Crippen LogP contribution in [0.1, 0.15) is 20.3 Å². The summed E-state index contributed by atoms with van der Waals surface area (Å²) >= 11 is 0. The number of carbonyl (C=O) groups excluding carboxylic acids is 1. The van der Waals surface area contributed by atoms with Crippen LogP contribution in [0.15, 0.2) is 11.1 Å². The van der Waals surface area contributed by atoms with E-state index in [0.717, 1.165) is 0 Å². The average Bonchev–Trinajstić information content (AvgIpc) is 2.65. The van der Waals surface area contributed by atoms with E-state index >= 15 is 0 Å². The second-order valence-electron chi connectivity index (χ2n) is 4.53. The quantitative estimate of drug-likeness (QED) is 0.735. The van der Waals surface area contributed by atoms with Gasteiger partial charge in [-0.1, -0.05) is 0 Å². The summed E-state index contributed by atoms with van der Waals surface area (Å²) in [5.41, 5.74) is 0.113. The van der Waals surface area contributed by atoms with E-state index in [9.17, 15) is 18.0 Å². The Balaban J connectivity index is 2.86. The monoisotopic (exact) mass is 275 g/mol. The molecule has 1 saturated heterocycles. The molecule has 0 radical (unpaired) electrons. The minimum absolute atomic E-state index is 0.0206. The van der Waals surface area contributed by atoms with Crippen LogP contribution in [0.4, 0.5) is 0 Å². The van der Waals surface area contributed by atoms with Crippen molar-refractivity contribution in [3.63, 3.8) is 0 Å². The Labute approximate surface area is 106 Å². The molecule has 102 valence electrons. The van der Waals surface area contributed by atoms with Gasteiger partial charge in [-0.05, 0) is 20.3 Å². The number of likely N-dealkylation sites (N-methyl/N-ethyl adjacent to an activating group) is 1. The van der Waals surface area contributed by atoms with E-state index in [-0.39, 0.29) is 28.7 Å². The lowest BCUT2D eigenvalue weighted by Gasteiger charge is -2.24. The van der Waals surface area contributed by atoms with Crippen LogP contribution in [0.2, 0.25) is 0 Å². The second kappa shape index (κ2) is 5.09. The van der Waals surface area contributed by atoms with Crippen molar-refractivity contribution in [3.05, 3.63) is 11.1 Å². The molecular formula is C11H17NO5S. The maximum atomic E-state index is 12.0. The number of nitrogens with zero attached hydrogens (tertiary/aromatic N) is 1. The number of sulfone groups is 1. The summed E-state index contributed by atoms with van der Waals surface area (Å²) in [5, 5.41) is 8.81. The zero-order chi connectivity index (χ0) is 14.1. The third-order valence-corrected chi connectivity index (χ3v) is 5.03. The summed E-state index contributed by atoms with van der Waals surface area (Å²) < 4.78 is 22.7. The number of hydrogen-bond donors (Lipinski definition) is 1. The maximum Gasteiger partial charge on any atom is 0.331 e. The molecule has 1 atom stereocenters. The first-order chi connectivity index (χ1) is 8.15. The maximum absolute atomic E-state index is 12.0. The molecule has 1 rings (SSSR count). The van der Waals surface area contributed by atoms with E-state index < -0.39 is 21.7 Å². The lowest BCUT2D eigenvalue weighted by atomic mass is 10.1. The van der Waals surface area contributed by atoms with Crippen LogP contribution in [0.5, 0.6) is 0 Å². The number of carbonyl (C=O) groups is 2. The van der Waals surface area contributed by atoms with Crippen molar-refractivity contribution in [2.24, 2.45) is 0 Å². The molecule has 7 heteroatoms. The van der Waals surface area contributed by atoms with Gasteiger partial charge in [0.25, 0.3) is 0 Å². The topological polar surface area (TPSA) is 91.8 Å². The molecule has 1 aliphatic heterocycles. The molecule has 0 spiro atoms. The van der Waals surface area contributed by atoms with E-state index in [2.05, 4.69) is 0 Å². The summed E-state index contributed by atoms with van der Waals surface area (Å²) in [6.07, 6.45) is 0.407. The van der Waals surface area contributed by atoms with Gasteiger partial charge < -0.3 is 10.0 Å². The molecule has 0 aromatic rings. The molecule has 1 heterocycles. The molecule has 1 aliphatic rings. The molecule has 0 bridgehead atoms. The van der Waals surface area contributed by atoms with Crippen molar-refractivity contribution in [1.82, 2.24) is 4.90 Å². The van der Waals surface area contributed by atoms with Gasteiger partial charge in [-0.15, -0.1) is 0 Å². The van der Waals surface area contributed by atoms with Crippen LogP contribution in [0.25, 0.3) is 0 Å². The molecule has 18 heavy (non-hydrogen) atoms. The number of carboxylic acid groups (broad SMARTS) is 1. The minimum Gasteiger partial charge on any atom is -0.478 e. The molecule has 0 saturated carbocycles. The first kappa shape index (κ1) is 14.7. The van der Waals surface area contributed by atoms with Crippen molar-refractivity contribution < 1.29 is 23.1 Å². The van der Waals surface area contributed by atoms with Crippen molar-refractivity contribution in [3.8, 4) is 0 Å². The fourth-order valence-corrected chi connectivity index (χ4v) is 3.61. The zero-order valence-corrected chi connectivity index (χ0v) is 11.5. The van der Waals surface area contributed by atoms with Crippen LogP contribution in [-0.2, 0) is 19.4 Å². The highest BCUT2D eigenvalue weighted by molar-refractivity contribution is 7.91. The van der Waals surface area contributed by atoms with Crippen LogP contribution >= 0.6 is 0 Å². The average molecular weight is 275 g/mol. The molecule has 0 aromatic carbocycles. The third-order valence-electron chi connectivity index (χ3n) is 3.28. The number of hydrogen-bond acceptors (Lipinski definition) is 4.